The van der Waals surface area contributed by atoms with Crippen molar-refractivity contribution in [2.75, 3.05) is 23.7 Å². The molecule has 0 saturated carbocycles. The molecule has 8 nitrogen and oxygen atoms in total. The number of nitriles is 1. The third-order valence-electron chi connectivity index (χ3n) is 6.62. The highest BCUT2D eigenvalue weighted by atomic mass is 15.2. The molecule has 2 aromatic heterocycles. The summed E-state index contributed by atoms with van der Waals surface area (Å²) >= 11 is 0. The SMILES string of the molecule is Cc1cc(C)c(Nc2nc(NC3CCN(Cc4ccc(C#N)cc4)CC3)nc3nc[nH]c23)c(C)c1. The van der Waals surface area contributed by atoms with E-state index in [0.29, 0.717) is 23.2 Å². The zero-order chi connectivity index (χ0) is 24.4. The smallest absolute Gasteiger partial charge is 0.227 e. The van der Waals surface area contributed by atoms with Crippen molar-refractivity contribution in [1.29, 1.82) is 5.26 Å². The average molecular weight is 467 g/mol. The van der Waals surface area contributed by atoms with Crippen molar-refractivity contribution in [3.63, 3.8) is 0 Å². The molecule has 0 amide bonds. The van der Waals surface area contributed by atoms with Gasteiger partial charge >= 0.3 is 0 Å². The van der Waals surface area contributed by atoms with Gasteiger partial charge in [-0.2, -0.15) is 15.2 Å². The van der Waals surface area contributed by atoms with Crippen molar-refractivity contribution >= 4 is 28.6 Å². The Morgan fingerprint density at radius 2 is 1.77 bits per heavy atom. The molecule has 8 heteroatoms. The van der Waals surface area contributed by atoms with E-state index < -0.39 is 0 Å². The normalized spacial score (nSPS) is 14.7. The van der Waals surface area contributed by atoms with Crippen molar-refractivity contribution in [2.24, 2.45) is 0 Å². The van der Waals surface area contributed by atoms with E-state index in [1.165, 1.54) is 22.3 Å². The van der Waals surface area contributed by atoms with E-state index in [-0.39, 0.29) is 0 Å². The maximum Gasteiger partial charge on any atom is 0.227 e. The van der Waals surface area contributed by atoms with E-state index in [1.807, 2.05) is 24.3 Å². The summed E-state index contributed by atoms with van der Waals surface area (Å²) in [4.78, 5) is 19.5. The van der Waals surface area contributed by atoms with Crippen LogP contribution >= 0.6 is 0 Å². The van der Waals surface area contributed by atoms with Crippen molar-refractivity contribution in [3.05, 3.63) is 70.5 Å². The zero-order valence-corrected chi connectivity index (χ0v) is 20.4. The number of benzene rings is 2. The van der Waals surface area contributed by atoms with Gasteiger partial charge in [0.2, 0.25) is 5.95 Å². The molecule has 0 spiro atoms. The Balaban J connectivity index is 1.27. The number of H-pyrrole nitrogens is 1. The molecule has 3 heterocycles. The monoisotopic (exact) mass is 466 g/mol. The molecule has 1 aliphatic rings. The van der Waals surface area contributed by atoms with Gasteiger partial charge in [-0.05, 0) is 62.4 Å². The fourth-order valence-corrected chi connectivity index (χ4v) is 4.84. The topological polar surface area (TPSA) is 106 Å². The van der Waals surface area contributed by atoms with Gasteiger partial charge in [-0.25, -0.2) is 4.98 Å². The van der Waals surface area contributed by atoms with E-state index >= 15 is 0 Å². The molecular weight excluding hydrogens is 436 g/mol. The number of fused-ring (bicyclic) bond motifs is 1. The highest BCUT2D eigenvalue weighted by Gasteiger charge is 2.21. The van der Waals surface area contributed by atoms with Crippen LogP contribution in [0.1, 0.15) is 40.7 Å². The minimum absolute atomic E-state index is 0.305. The molecule has 0 unspecified atom stereocenters. The van der Waals surface area contributed by atoms with E-state index in [1.54, 1.807) is 6.33 Å². The molecule has 0 aliphatic carbocycles. The van der Waals surface area contributed by atoms with Crippen LogP contribution in [0.5, 0.6) is 0 Å². The minimum atomic E-state index is 0.305. The number of rotatable bonds is 6. The second kappa shape index (κ2) is 9.72. The molecule has 4 aromatic rings. The Morgan fingerprint density at radius 3 is 2.46 bits per heavy atom. The summed E-state index contributed by atoms with van der Waals surface area (Å²) in [6.07, 6.45) is 3.68. The van der Waals surface area contributed by atoms with Crippen LogP contribution in [0, 0.1) is 32.1 Å². The van der Waals surface area contributed by atoms with Gasteiger partial charge in [-0.1, -0.05) is 29.8 Å². The summed E-state index contributed by atoms with van der Waals surface area (Å²) < 4.78 is 0. The fraction of sp³-hybridized carbons (Fsp3) is 0.333. The Bertz CT molecular complexity index is 1350. The first-order valence-corrected chi connectivity index (χ1v) is 12.0. The van der Waals surface area contributed by atoms with Crippen molar-refractivity contribution in [2.45, 2.75) is 46.2 Å². The molecule has 2 aromatic carbocycles. The minimum Gasteiger partial charge on any atom is -0.351 e. The van der Waals surface area contributed by atoms with E-state index in [0.717, 1.165) is 49.5 Å². The number of hydrogen-bond donors (Lipinski definition) is 3. The highest BCUT2D eigenvalue weighted by molar-refractivity contribution is 5.87. The van der Waals surface area contributed by atoms with Gasteiger partial charge in [-0.15, -0.1) is 0 Å². The molecule has 3 N–H and O–H groups in total. The standard InChI is InChI=1S/C27H30N8/c1-17-12-18(2)23(19(3)13-17)32-26-24-25(30-16-29-24)33-27(34-26)31-22-8-10-35(11-9-22)15-21-6-4-20(14-28)5-7-21/h4-7,12-13,16,22H,8-11,15H2,1-3H3,(H3,29,30,31,32,33,34). The van der Waals surface area contributed by atoms with Crippen LogP contribution in [0.25, 0.3) is 11.2 Å². The summed E-state index contributed by atoms with van der Waals surface area (Å²) in [5.74, 6) is 1.32. The fourth-order valence-electron chi connectivity index (χ4n) is 4.84. The van der Waals surface area contributed by atoms with Gasteiger partial charge in [0.05, 0.1) is 18.0 Å². The molecule has 0 radical (unpaired) electrons. The Labute approximate surface area is 205 Å². The average Bonchev–Trinajstić information content (AvgIpc) is 3.32. The number of aryl methyl sites for hydroxylation is 3. The second-order valence-electron chi connectivity index (χ2n) is 9.40. The first-order valence-electron chi connectivity index (χ1n) is 12.0. The zero-order valence-electron chi connectivity index (χ0n) is 20.4. The Hall–Kier alpha value is -3.96. The molecule has 1 saturated heterocycles. The van der Waals surface area contributed by atoms with Gasteiger partial charge < -0.3 is 15.6 Å². The number of aromatic amines is 1. The van der Waals surface area contributed by atoms with Crippen LogP contribution in [0.15, 0.2) is 42.7 Å². The van der Waals surface area contributed by atoms with E-state index in [4.69, 9.17) is 10.2 Å². The van der Waals surface area contributed by atoms with E-state index in [9.17, 15) is 0 Å². The number of nitrogens with one attached hydrogen (secondary N) is 3. The van der Waals surface area contributed by atoms with Crippen molar-refractivity contribution < 1.29 is 0 Å². The summed E-state index contributed by atoms with van der Waals surface area (Å²) in [7, 11) is 0. The van der Waals surface area contributed by atoms with Gasteiger partial charge in [0, 0.05) is 31.4 Å². The first-order chi connectivity index (χ1) is 17.0. The molecule has 0 bridgehead atoms. The number of imidazole rings is 1. The first kappa shape index (κ1) is 22.8. The van der Waals surface area contributed by atoms with Gasteiger partial charge in [0.15, 0.2) is 11.5 Å². The van der Waals surface area contributed by atoms with Crippen LogP contribution in [0.3, 0.4) is 0 Å². The number of nitrogens with zero attached hydrogens (tertiary/aromatic N) is 5. The third kappa shape index (κ3) is 5.10. The molecule has 178 valence electrons. The molecule has 5 rings (SSSR count). The number of hydrogen-bond acceptors (Lipinski definition) is 7. The lowest BCUT2D eigenvalue weighted by Crippen LogP contribution is -2.39. The largest absolute Gasteiger partial charge is 0.351 e. The lowest BCUT2D eigenvalue weighted by molar-refractivity contribution is 0.211. The van der Waals surface area contributed by atoms with Crippen LogP contribution < -0.4 is 10.6 Å². The lowest BCUT2D eigenvalue weighted by Gasteiger charge is -2.32. The van der Waals surface area contributed by atoms with Crippen LogP contribution in [-0.2, 0) is 6.54 Å². The predicted molar refractivity (Wildman–Crippen MR) is 139 cm³/mol. The summed E-state index contributed by atoms with van der Waals surface area (Å²) in [6, 6.07) is 14.7. The number of piperidine rings is 1. The van der Waals surface area contributed by atoms with Gasteiger partial charge in [0.25, 0.3) is 0 Å². The predicted octanol–water partition coefficient (Wildman–Crippen LogP) is 4.97. The quantitative estimate of drug-likeness (QED) is 0.368. The molecule has 1 fully saturated rings. The van der Waals surface area contributed by atoms with E-state index in [2.05, 4.69) is 69.5 Å². The van der Waals surface area contributed by atoms with Crippen LogP contribution in [0.2, 0.25) is 0 Å². The van der Waals surface area contributed by atoms with Crippen LogP contribution in [-0.4, -0.2) is 44.0 Å². The molecule has 1 aliphatic heterocycles. The number of anilines is 3. The summed E-state index contributed by atoms with van der Waals surface area (Å²) in [5, 5.41) is 16.1. The van der Waals surface area contributed by atoms with Gasteiger partial charge in [-0.3, -0.25) is 4.90 Å². The van der Waals surface area contributed by atoms with Crippen LogP contribution in [0.4, 0.5) is 17.5 Å². The lowest BCUT2D eigenvalue weighted by atomic mass is 10.0. The summed E-state index contributed by atoms with van der Waals surface area (Å²) in [6.45, 7) is 9.22. The maximum atomic E-state index is 8.98. The van der Waals surface area contributed by atoms with Gasteiger partial charge in [0.1, 0.15) is 5.52 Å². The molecule has 0 atom stereocenters. The maximum absolute atomic E-state index is 8.98. The molecule has 35 heavy (non-hydrogen) atoms. The Kier molecular flexibility index (Phi) is 6.34. The Morgan fingerprint density at radius 1 is 1.06 bits per heavy atom. The highest BCUT2D eigenvalue weighted by Crippen LogP contribution is 2.29. The summed E-state index contributed by atoms with van der Waals surface area (Å²) in [5.41, 5.74) is 8.04. The number of likely N-dealkylation sites (tertiary alicyclic amines) is 1. The van der Waals surface area contributed by atoms with Crippen molar-refractivity contribution in [1.82, 2.24) is 24.8 Å². The number of aromatic nitrogens is 4. The second-order valence-corrected chi connectivity index (χ2v) is 9.40. The third-order valence-corrected chi connectivity index (χ3v) is 6.62. The van der Waals surface area contributed by atoms with Crippen molar-refractivity contribution in [3.8, 4) is 6.07 Å². The molecular formula is C27H30N8.